The largest absolute Gasteiger partial charge is 0.296 e. The summed E-state index contributed by atoms with van der Waals surface area (Å²) in [6, 6.07) is 18.3. The minimum Gasteiger partial charge on any atom is -0.296 e. The Hall–Kier alpha value is -2.27. The first-order valence-electron chi connectivity index (χ1n) is 9.04. The molecule has 27 heavy (non-hydrogen) atoms. The summed E-state index contributed by atoms with van der Waals surface area (Å²) in [4.78, 5) is 13.3. The van der Waals surface area contributed by atoms with Crippen molar-refractivity contribution < 1.29 is 0 Å². The highest BCUT2D eigenvalue weighted by molar-refractivity contribution is 6.30. The van der Waals surface area contributed by atoms with Gasteiger partial charge in [-0.3, -0.25) is 19.8 Å². The van der Waals surface area contributed by atoms with Gasteiger partial charge in [0.2, 0.25) is 0 Å². The molecule has 0 radical (unpaired) electrons. The van der Waals surface area contributed by atoms with Crippen LogP contribution in [0.2, 0.25) is 5.02 Å². The van der Waals surface area contributed by atoms with Crippen LogP contribution < -0.4 is 0 Å². The maximum absolute atomic E-state index is 6.38. The molecule has 0 spiro atoms. The first kappa shape index (κ1) is 19.5. The van der Waals surface area contributed by atoms with Crippen molar-refractivity contribution >= 4 is 11.6 Å². The number of benzene rings is 1. The molecule has 1 aromatic carbocycles. The van der Waals surface area contributed by atoms with Crippen molar-refractivity contribution in [3.05, 3.63) is 94.5 Å². The molecule has 0 atom stereocenters. The number of hydrogen-bond donors (Lipinski definition) is 0. The van der Waals surface area contributed by atoms with Crippen LogP contribution in [-0.2, 0) is 26.2 Å². The lowest BCUT2D eigenvalue weighted by Gasteiger charge is -2.19. The fourth-order valence-electron chi connectivity index (χ4n) is 3.17. The Morgan fingerprint density at radius 2 is 1.19 bits per heavy atom. The second-order valence-electron chi connectivity index (χ2n) is 6.95. The SMILES string of the molecule is CN(Cc1cc(Cl)cc(CN(C)Cc2ccccn2)c1)Cc1ccccn1. The standard InChI is InChI=1S/C22H25ClN4/c1-26(16-21-7-3-5-9-24-21)14-18-11-19(13-20(23)12-18)15-27(2)17-22-8-4-6-10-25-22/h3-13H,14-17H2,1-2H3. The van der Waals surface area contributed by atoms with Crippen LogP contribution in [0.1, 0.15) is 22.5 Å². The Kier molecular flexibility index (Phi) is 6.93. The molecule has 0 saturated carbocycles. The third-order valence-electron chi connectivity index (χ3n) is 4.24. The predicted molar refractivity (Wildman–Crippen MR) is 110 cm³/mol. The van der Waals surface area contributed by atoms with Gasteiger partial charge in [-0.25, -0.2) is 0 Å². The zero-order valence-corrected chi connectivity index (χ0v) is 16.6. The van der Waals surface area contributed by atoms with Gasteiger partial charge in [-0.1, -0.05) is 29.8 Å². The molecular formula is C22H25ClN4. The van der Waals surface area contributed by atoms with Gasteiger partial charge in [-0.2, -0.15) is 0 Å². The van der Waals surface area contributed by atoms with Crippen molar-refractivity contribution in [3.63, 3.8) is 0 Å². The molecule has 2 aromatic heterocycles. The molecule has 0 amide bonds. The van der Waals surface area contributed by atoms with Crippen molar-refractivity contribution in [2.75, 3.05) is 14.1 Å². The molecule has 3 aromatic rings. The molecule has 2 heterocycles. The molecule has 0 unspecified atom stereocenters. The van der Waals surface area contributed by atoms with E-state index in [1.54, 1.807) is 0 Å². The average molecular weight is 381 g/mol. The van der Waals surface area contributed by atoms with Gasteiger partial charge in [0.1, 0.15) is 0 Å². The molecular weight excluding hydrogens is 356 g/mol. The lowest BCUT2D eigenvalue weighted by molar-refractivity contribution is 0.310. The topological polar surface area (TPSA) is 32.3 Å². The van der Waals surface area contributed by atoms with E-state index in [2.05, 4.69) is 39.9 Å². The lowest BCUT2D eigenvalue weighted by atomic mass is 10.1. The van der Waals surface area contributed by atoms with Crippen molar-refractivity contribution in [3.8, 4) is 0 Å². The fraction of sp³-hybridized carbons (Fsp3) is 0.273. The van der Waals surface area contributed by atoms with E-state index in [0.717, 1.165) is 42.6 Å². The van der Waals surface area contributed by atoms with E-state index < -0.39 is 0 Å². The third kappa shape index (κ3) is 6.43. The van der Waals surface area contributed by atoms with Gasteiger partial charge in [0, 0.05) is 43.6 Å². The quantitative estimate of drug-likeness (QED) is 0.580. The highest BCUT2D eigenvalue weighted by atomic mass is 35.5. The number of aromatic nitrogens is 2. The summed E-state index contributed by atoms with van der Waals surface area (Å²) in [5, 5.41) is 0.778. The van der Waals surface area contributed by atoms with Crippen molar-refractivity contribution in [2.45, 2.75) is 26.2 Å². The van der Waals surface area contributed by atoms with Gasteiger partial charge in [0.15, 0.2) is 0 Å². The number of hydrogen-bond acceptors (Lipinski definition) is 4. The fourth-order valence-corrected chi connectivity index (χ4v) is 3.45. The zero-order chi connectivity index (χ0) is 19.1. The van der Waals surface area contributed by atoms with Crippen LogP contribution in [0.4, 0.5) is 0 Å². The predicted octanol–water partition coefficient (Wildman–Crippen LogP) is 4.39. The van der Waals surface area contributed by atoms with Crippen molar-refractivity contribution in [1.29, 1.82) is 0 Å². The molecule has 0 aliphatic carbocycles. The van der Waals surface area contributed by atoms with Gasteiger partial charge < -0.3 is 0 Å². The Balaban J connectivity index is 1.61. The molecule has 0 saturated heterocycles. The highest BCUT2D eigenvalue weighted by Crippen LogP contribution is 2.18. The van der Waals surface area contributed by atoms with Crippen LogP contribution in [0.5, 0.6) is 0 Å². The number of nitrogens with zero attached hydrogens (tertiary/aromatic N) is 4. The summed E-state index contributed by atoms with van der Waals surface area (Å²) < 4.78 is 0. The smallest absolute Gasteiger partial charge is 0.0543 e. The Bertz CT molecular complexity index is 772. The van der Waals surface area contributed by atoms with Gasteiger partial charge in [0.25, 0.3) is 0 Å². The number of pyridine rings is 2. The van der Waals surface area contributed by atoms with Crippen LogP contribution >= 0.6 is 11.6 Å². The lowest BCUT2D eigenvalue weighted by Crippen LogP contribution is -2.19. The van der Waals surface area contributed by atoms with Gasteiger partial charge >= 0.3 is 0 Å². The average Bonchev–Trinajstić information content (AvgIpc) is 2.62. The maximum atomic E-state index is 6.38. The number of rotatable bonds is 8. The molecule has 0 aliphatic rings. The summed E-state index contributed by atoms with van der Waals surface area (Å²) in [6.45, 7) is 3.27. The summed E-state index contributed by atoms with van der Waals surface area (Å²) in [6.07, 6.45) is 3.66. The highest BCUT2D eigenvalue weighted by Gasteiger charge is 2.08. The number of halogens is 1. The van der Waals surface area contributed by atoms with Crippen LogP contribution in [0.3, 0.4) is 0 Å². The van der Waals surface area contributed by atoms with Gasteiger partial charge in [-0.05, 0) is 61.6 Å². The molecule has 0 bridgehead atoms. The van der Waals surface area contributed by atoms with Crippen LogP contribution in [0.15, 0.2) is 67.0 Å². The van der Waals surface area contributed by atoms with Gasteiger partial charge in [0.05, 0.1) is 11.4 Å². The third-order valence-corrected chi connectivity index (χ3v) is 4.46. The van der Waals surface area contributed by atoms with E-state index >= 15 is 0 Å². The van der Waals surface area contributed by atoms with Gasteiger partial charge in [-0.15, -0.1) is 0 Å². The maximum Gasteiger partial charge on any atom is 0.0543 e. The first-order valence-corrected chi connectivity index (χ1v) is 9.41. The zero-order valence-electron chi connectivity index (χ0n) is 15.8. The van der Waals surface area contributed by atoms with Crippen molar-refractivity contribution in [2.24, 2.45) is 0 Å². The Morgan fingerprint density at radius 3 is 1.59 bits per heavy atom. The summed E-state index contributed by atoms with van der Waals surface area (Å²) in [5.41, 5.74) is 4.55. The molecule has 0 fully saturated rings. The molecule has 0 N–H and O–H groups in total. The summed E-state index contributed by atoms with van der Waals surface area (Å²) in [5.74, 6) is 0. The Labute approximate surface area is 166 Å². The van der Waals surface area contributed by atoms with Crippen LogP contribution in [0.25, 0.3) is 0 Å². The molecule has 0 aliphatic heterocycles. The second kappa shape index (κ2) is 9.60. The van der Waals surface area contributed by atoms with E-state index in [0.29, 0.717) is 0 Å². The minimum atomic E-state index is 0.778. The van der Waals surface area contributed by atoms with E-state index in [4.69, 9.17) is 11.6 Å². The molecule has 4 nitrogen and oxygen atoms in total. The Morgan fingerprint density at radius 1 is 0.704 bits per heavy atom. The van der Waals surface area contributed by atoms with E-state index in [9.17, 15) is 0 Å². The van der Waals surface area contributed by atoms with E-state index in [1.165, 1.54) is 11.1 Å². The van der Waals surface area contributed by atoms with E-state index in [-0.39, 0.29) is 0 Å². The molecule has 140 valence electrons. The monoisotopic (exact) mass is 380 g/mol. The second-order valence-corrected chi connectivity index (χ2v) is 7.39. The van der Waals surface area contributed by atoms with Crippen LogP contribution in [-0.4, -0.2) is 33.9 Å². The molecule has 5 heteroatoms. The normalized spacial score (nSPS) is 11.3. The minimum absolute atomic E-state index is 0.778. The van der Waals surface area contributed by atoms with E-state index in [1.807, 2.05) is 60.9 Å². The summed E-state index contributed by atoms with van der Waals surface area (Å²) in [7, 11) is 4.20. The van der Waals surface area contributed by atoms with Crippen molar-refractivity contribution in [1.82, 2.24) is 19.8 Å². The van der Waals surface area contributed by atoms with Crippen LogP contribution in [0, 0.1) is 0 Å². The summed E-state index contributed by atoms with van der Waals surface area (Å²) >= 11 is 6.38. The first-order chi connectivity index (χ1) is 13.1. The molecule has 3 rings (SSSR count).